The molecule has 0 aliphatic heterocycles. The first kappa shape index (κ1) is 21.6. The van der Waals surface area contributed by atoms with E-state index in [0.29, 0.717) is 11.7 Å². The Morgan fingerprint density at radius 2 is 2.06 bits per heavy atom. The highest BCUT2D eigenvalue weighted by molar-refractivity contribution is 8.00. The number of hydrogen-bond acceptors (Lipinski definition) is 6. The van der Waals surface area contributed by atoms with E-state index in [1.807, 2.05) is 37.3 Å². The molecule has 160 valence electrons. The Hall–Kier alpha value is -2.63. The minimum absolute atomic E-state index is 0.0315. The standard InChI is InChI=1S/C23H24N4O2S2/c1-15(21(28)27(14-8-13-24)16-9-4-3-5-10-16)30-23-25-20-19(22(29)26(23)2)17-11-6-7-12-18(17)31-20/h3-5,9-10,15H,6-8,11-12,14H2,1-2H3. The summed E-state index contributed by atoms with van der Waals surface area (Å²) in [4.78, 5) is 34.9. The van der Waals surface area contributed by atoms with E-state index in [-0.39, 0.29) is 17.9 Å². The summed E-state index contributed by atoms with van der Waals surface area (Å²) in [5.41, 5.74) is 1.90. The van der Waals surface area contributed by atoms with Crippen molar-refractivity contribution < 1.29 is 4.79 Å². The van der Waals surface area contributed by atoms with Gasteiger partial charge in [0.1, 0.15) is 4.83 Å². The molecular formula is C23H24N4O2S2. The van der Waals surface area contributed by atoms with Gasteiger partial charge < -0.3 is 4.90 Å². The number of nitrogens with zero attached hydrogens (tertiary/aromatic N) is 4. The Labute approximate surface area is 189 Å². The molecule has 3 aromatic rings. The number of thiophene rings is 1. The Kier molecular flexibility index (Phi) is 6.44. The van der Waals surface area contributed by atoms with E-state index in [1.54, 1.807) is 27.9 Å². The minimum atomic E-state index is -0.455. The molecule has 1 amide bonds. The number of thioether (sulfide) groups is 1. The van der Waals surface area contributed by atoms with Crippen LogP contribution in [0, 0.1) is 11.3 Å². The summed E-state index contributed by atoms with van der Waals surface area (Å²) in [7, 11) is 1.73. The van der Waals surface area contributed by atoms with Crippen molar-refractivity contribution in [3.05, 3.63) is 51.1 Å². The van der Waals surface area contributed by atoms with Crippen LogP contribution < -0.4 is 10.5 Å². The fraction of sp³-hybridized carbons (Fsp3) is 0.391. The van der Waals surface area contributed by atoms with Gasteiger partial charge in [0.25, 0.3) is 5.56 Å². The van der Waals surface area contributed by atoms with Crippen molar-refractivity contribution in [2.24, 2.45) is 7.05 Å². The average Bonchev–Trinajstić information content (AvgIpc) is 3.16. The lowest BCUT2D eigenvalue weighted by Gasteiger charge is -2.25. The molecule has 31 heavy (non-hydrogen) atoms. The van der Waals surface area contributed by atoms with E-state index in [9.17, 15) is 9.59 Å². The van der Waals surface area contributed by atoms with Crippen LogP contribution in [0.25, 0.3) is 10.2 Å². The Morgan fingerprint density at radius 3 is 2.81 bits per heavy atom. The molecule has 1 aliphatic carbocycles. The number of amides is 1. The van der Waals surface area contributed by atoms with Crippen LogP contribution in [0.2, 0.25) is 0 Å². The number of rotatable bonds is 6. The zero-order valence-electron chi connectivity index (χ0n) is 17.6. The topological polar surface area (TPSA) is 79.0 Å². The average molecular weight is 453 g/mol. The summed E-state index contributed by atoms with van der Waals surface area (Å²) in [6, 6.07) is 11.5. The normalized spacial score (nSPS) is 14.1. The van der Waals surface area contributed by atoms with E-state index in [1.165, 1.54) is 22.2 Å². The van der Waals surface area contributed by atoms with E-state index in [0.717, 1.165) is 41.6 Å². The molecule has 0 bridgehead atoms. The van der Waals surface area contributed by atoms with E-state index >= 15 is 0 Å². The van der Waals surface area contributed by atoms with Crippen LogP contribution in [-0.4, -0.2) is 27.3 Å². The first-order valence-electron chi connectivity index (χ1n) is 10.4. The first-order chi connectivity index (χ1) is 15.0. The zero-order chi connectivity index (χ0) is 22.0. The van der Waals surface area contributed by atoms with Crippen molar-refractivity contribution in [3.63, 3.8) is 0 Å². The monoisotopic (exact) mass is 452 g/mol. The van der Waals surface area contributed by atoms with Crippen LogP contribution in [0.3, 0.4) is 0 Å². The third kappa shape index (κ3) is 4.25. The molecule has 4 rings (SSSR count). The quantitative estimate of drug-likeness (QED) is 0.412. The highest BCUT2D eigenvalue weighted by Crippen LogP contribution is 2.35. The fourth-order valence-electron chi connectivity index (χ4n) is 3.94. The maximum absolute atomic E-state index is 13.3. The maximum atomic E-state index is 13.3. The van der Waals surface area contributed by atoms with Gasteiger partial charge >= 0.3 is 0 Å². The van der Waals surface area contributed by atoms with Gasteiger partial charge in [0, 0.05) is 24.2 Å². The molecule has 0 N–H and O–H groups in total. The van der Waals surface area contributed by atoms with Crippen molar-refractivity contribution in [3.8, 4) is 6.07 Å². The number of aromatic nitrogens is 2. The SMILES string of the molecule is CC(Sc1nc2sc3c(c2c(=O)n1C)CCCC3)C(=O)N(CCC#N)c1ccccc1. The highest BCUT2D eigenvalue weighted by Gasteiger charge is 2.26. The molecule has 0 saturated carbocycles. The first-order valence-corrected chi connectivity index (χ1v) is 12.1. The summed E-state index contributed by atoms with van der Waals surface area (Å²) in [6.45, 7) is 2.15. The number of para-hydroxylation sites is 1. The van der Waals surface area contributed by atoms with Crippen molar-refractivity contribution >= 4 is 44.9 Å². The molecule has 1 atom stereocenters. The number of carbonyl (C=O) groups is 1. The molecule has 8 heteroatoms. The number of aryl methyl sites for hydroxylation is 2. The Balaban J connectivity index is 1.63. The van der Waals surface area contributed by atoms with Gasteiger partial charge in [0.05, 0.1) is 23.1 Å². The van der Waals surface area contributed by atoms with Gasteiger partial charge in [-0.2, -0.15) is 5.26 Å². The number of hydrogen-bond donors (Lipinski definition) is 0. The van der Waals surface area contributed by atoms with Gasteiger partial charge in [-0.25, -0.2) is 4.98 Å². The molecule has 0 saturated heterocycles. The maximum Gasteiger partial charge on any atom is 0.262 e. The molecule has 0 fully saturated rings. The molecular weight excluding hydrogens is 428 g/mol. The highest BCUT2D eigenvalue weighted by atomic mass is 32.2. The second-order valence-electron chi connectivity index (χ2n) is 7.64. The molecule has 1 aliphatic rings. The molecule has 6 nitrogen and oxygen atoms in total. The minimum Gasteiger partial charge on any atom is -0.310 e. The lowest BCUT2D eigenvalue weighted by atomic mass is 9.97. The molecule has 1 unspecified atom stereocenters. The van der Waals surface area contributed by atoms with Crippen LogP contribution >= 0.6 is 23.1 Å². The van der Waals surface area contributed by atoms with Gasteiger partial charge in [-0.1, -0.05) is 30.0 Å². The van der Waals surface area contributed by atoms with Crippen LogP contribution in [-0.2, 0) is 24.7 Å². The lowest BCUT2D eigenvalue weighted by Crippen LogP contribution is -2.37. The number of benzene rings is 1. The van der Waals surface area contributed by atoms with Gasteiger partial charge in [-0.3, -0.25) is 14.2 Å². The summed E-state index contributed by atoms with van der Waals surface area (Å²) < 4.78 is 1.57. The Bertz CT molecular complexity index is 1210. The predicted molar refractivity (Wildman–Crippen MR) is 126 cm³/mol. The molecule has 0 radical (unpaired) electrons. The van der Waals surface area contributed by atoms with Gasteiger partial charge in [-0.15, -0.1) is 11.3 Å². The molecule has 2 heterocycles. The second-order valence-corrected chi connectivity index (χ2v) is 10.0. The van der Waals surface area contributed by atoms with Crippen molar-refractivity contribution in [2.45, 2.75) is 49.4 Å². The van der Waals surface area contributed by atoms with E-state index < -0.39 is 5.25 Å². The van der Waals surface area contributed by atoms with Gasteiger partial charge in [0.15, 0.2) is 5.16 Å². The summed E-state index contributed by atoms with van der Waals surface area (Å²) in [6.07, 6.45) is 4.48. The van der Waals surface area contributed by atoms with E-state index in [4.69, 9.17) is 10.2 Å². The van der Waals surface area contributed by atoms with Crippen LogP contribution in [0.15, 0.2) is 40.3 Å². The smallest absolute Gasteiger partial charge is 0.262 e. The van der Waals surface area contributed by atoms with Gasteiger partial charge in [-0.05, 0) is 50.3 Å². The van der Waals surface area contributed by atoms with Crippen molar-refractivity contribution in [2.75, 3.05) is 11.4 Å². The van der Waals surface area contributed by atoms with Crippen LogP contribution in [0.4, 0.5) is 5.69 Å². The lowest BCUT2D eigenvalue weighted by molar-refractivity contribution is -0.117. The predicted octanol–water partition coefficient (Wildman–Crippen LogP) is 4.30. The summed E-state index contributed by atoms with van der Waals surface area (Å²) >= 11 is 2.91. The molecule has 1 aromatic carbocycles. The van der Waals surface area contributed by atoms with Crippen LogP contribution in [0.1, 0.15) is 36.6 Å². The zero-order valence-corrected chi connectivity index (χ0v) is 19.3. The molecule has 0 spiro atoms. The third-order valence-corrected chi connectivity index (χ3v) is 7.88. The van der Waals surface area contributed by atoms with E-state index in [2.05, 4.69) is 6.07 Å². The fourth-order valence-corrected chi connectivity index (χ4v) is 6.18. The number of nitriles is 1. The molecule has 2 aromatic heterocycles. The summed E-state index contributed by atoms with van der Waals surface area (Å²) in [5, 5.41) is 9.86. The largest absolute Gasteiger partial charge is 0.310 e. The summed E-state index contributed by atoms with van der Waals surface area (Å²) in [5.74, 6) is -0.105. The van der Waals surface area contributed by atoms with Crippen LogP contribution in [0.5, 0.6) is 0 Å². The van der Waals surface area contributed by atoms with Gasteiger partial charge in [0.2, 0.25) is 5.91 Å². The number of carbonyl (C=O) groups excluding carboxylic acids is 1. The van der Waals surface area contributed by atoms with Crippen molar-refractivity contribution in [1.82, 2.24) is 9.55 Å². The number of fused-ring (bicyclic) bond motifs is 3. The second kappa shape index (κ2) is 9.25. The third-order valence-electron chi connectivity index (χ3n) is 5.57. The van der Waals surface area contributed by atoms with Crippen molar-refractivity contribution in [1.29, 1.82) is 5.26 Å². The number of anilines is 1. The Morgan fingerprint density at radius 1 is 1.32 bits per heavy atom.